The Kier molecular flexibility index (Phi) is 7.83. The predicted octanol–water partition coefficient (Wildman–Crippen LogP) is 4.06. The molecule has 6 nitrogen and oxygen atoms in total. The fourth-order valence-electron chi connectivity index (χ4n) is 2.82. The fourth-order valence-corrected chi connectivity index (χ4v) is 3.45. The Balaban J connectivity index is 2.05. The number of carbonyl (C=O) groups excluding carboxylic acids is 1. The van der Waals surface area contributed by atoms with Gasteiger partial charge in [-0.05, 0) is 48.2 Å². The number of aromatic nitrogens is 1. The van der Waals surface area contributed by atoms with Crippen molar-refractivity contribution in [1.29, 1.82) is 0 Å². The molecule has 1 aromatic carbocycles. The first kappa shape index (κ1) is 24.4. The zero-order valence-corrected chi connectivity index (χ0v) is 18.2. The van der Waals surface area contributed by atoms with Crippen molar-refractivity contribution in [2.24, 2.45) is 0 Å². The maximum absolute atomic E-state index is 12.9. The fraction of sp³-hybridized carbons (Fsp3) is 0.333. The van der Waals surface area contributed by atoms with E-state index in [1.807, 2.05) is 6.92 Å². The monoisotopic (exact) mass is 455 g/mol. The minimum atomic E-state index is -4.52. The number of nitrogens with one attached hydrogen (secondary N) is 2. The van der Waals surface area contributed by atoms with Crippen molar-refractivity contribution in [2.75, 3.05) is 11.0 Å². The maximum Gasteiger partial charge on any atom is 0.433 e. The van der Waals surface area contributed by atoms with E-state index < -0.39 is 27.8 Å². The van der Waals surface area contributed by atoms with Gasteiger partial charge in [0.1, 0.15) is 5.69 Å². The molecule has 0 aliphatic carbocycles. The van der Waals surface area contributed by atoms with Crippen molar-refractivity contribution in [3.05, 3.63) is 64.5 Å². The van der Waals surface area contributed by atoms with Gasteiger partial charge in [-0.3, -0.25) is 9.52 Å². The molecule has 0 spiro atoms. The number of hydrogen-bond acceptors (Lipinski definition) is 4. The van der Waals surface area contributed by atoms with Crippen LogP contribution in [-0.2, 0) is 34.0 Å². The predicted molar refractivity (Wildman–Crippen MR) is 114 cm³/mol. The lowest BCUT2D eigenvalue weighted by Crippen LogP contribution is -2.20. The van der Waals surface area contributed by atoms with Gasteiger partial charge >= 0.3 is 6.18 Å². The quantitative estimate of drug-likeness (QED) is 0.588. The molecule has 1 heterocycles. The number of benzene rings is 1. The number of rotatable bonds is 8. The number of pyridine rings is 1. The van der Waals surface area contributed by atoms with Crippen molar-refractivity contribution in [3.63, 3.8) is 0 Å². The average molecular weight is 456 g/mol. The number of alkyl halides is 3. The summed E-state index contributed by atoms with van der Waals surface area (Å²) in [6, 6.07) is 7.24. The van der Waals surface area contributed by atoms with E-state index in [1.54, 1.807) is 25.1 Å². The summed E-state index contributed by atoms with van der Waals surface area (Å²) in [6.45, 7) is 3.78. The van der Waals surface area contributed by atoms with Gasteiger partial charge < -0.3 is 5.32 Å². The van der Waals surface area contributed by atoms with Crippen LogP contribution in [0.15, 0.2) is 36.4 Å². The zero-order chi connectivity index (χ0) is 23.2. The SMILES string of the molecule is CCCc1nc(C(F)(F)F)ccc1C=CC(=O)NCc1ccc(NS(C)(=O)=O)c(C)c1. The first-order chi connectivity index (χ1) is 14.4. The van der Waals surface area contributed by atoms with E-state index in [9.17, 15) is 26.4 Å². The molecule has 2 rings (SSSR count). The summed E-state index contributed by atoms with van der Waals surface area (Å²) in [5.41, 5.74) is 1.70. The minimum absolute atomic E-state index is 0.205. The van der Waals surface area contributed by atoms with Gasteiger partial charge in [-0.1, -0.05) is 31.5 Å². The number of amides is 1. The van der Waals surface area contributed by atoms with Gasteiger partial charge in [0, 0.05) is 18.3 Å². The Bertz CT molecular complexity index is 1080. The maximum atomic E-state index is 12.9. The molecule has 10 heteroatoms. The zero-order valence-electron chi connectivity index (χ0n) is 17.4. The normalized spacial score (nSPS) is 12.2. The molecular weight excluding hydrogens is 431 g/mol. The molecule has 0 bridgehead atoms. The lowest BCUT2D eigenvalue weighted by atomic mass is 10.1. The second-order valence-electron chi connectivity index (χ2n) is 7.05. The van der Waals surface area contributed by atoms with Crippen LogP contribution >= 0.6 is 0 Å². The van der Waals surface area contributed by atoms with Gasteiger partial charge in [0.2, 0.25) is 15.9 Å². The van der Waals surface area contributed by atoms with Crippen LogP contribution in [0.5, 0.6) is 0 Å². The average Bonchev–Trinajstić information content (AvgIpc) is 2.65. The first-order valence-electron chi connectivity index (χ1n) is 9.49. The van der Waals surface area contributed by atoms with Gasteiger partial charge in [0.15, 0.2) is 0 Å². The Morgan fingerprint density at radius 3 is 2.48 bits per heavy atom. The van der Waals surface area contributed by atoms with E-state index in [0.29, 0.717) is 29.7 Å². The molecule has 0 aliphatic heterocycles. The van der Waals surface area contributed by atoms with Crippen LogP contribution in [0, 0.1) is 6.92 Å². The summed E-state index contributed by atoms with van der Waals surface area (Å²) in [5.74, 6) is -0.418. The molecule has 2 aromatic rings. The molecule has 0 aliphatic rings. The highest BCUT2D eigenvalue weighted by Gasteiger charge is 2.32. The number of hydrogen-bond donors (Lipinski definition) is 2. The Hall–Kier alpha value is -2.88. The summed E-state index contributed by atoms with van der Waals surface area (Å²) in [6.07, 6.45) is 0.203. The van der Waals surface area contributed by atoms with E-state index in [-0.39, 0.29) is 12.2 Å². The summed E-state index contributed by atoms with van der Waals surface area (Å²) < 4.78 is 63.7. The Morgan fingerprint density at radius 1 is 1.19 bits per heavy atom. The number of halogens is 3. The van der Waals surface area contributed by atoms with Crippen molar-refractivity contribution < 1.29 is 26.4 Å². The molecule has 168 valence electrons. The molecule has 0 unspecified atom stereocenters. The van der Waals surface area contributed by atoms with E-state index in [4.69, 9.17) is 0 Å². The van der Waals surface area contributed by atoms with Crippen molar-refractivity contribution in [3.8, 4) is 0 Å². The smallest absolute Gasteiger partial charge is 0.348 e. The van der Waals surface area contributed by atoms with E-state index in [2.05, 4.69) is 15.0 Å². The van der Waals surface area contributed by atoms with E-state index in [1.165, 1.54) is 18.2 Å². The molecule has 0 saturated carbocycles. The van der Waals surface area contributed by atoms with Gasteiger partial charge in [-0.15, -0.1) is 0 Å². The molecular formula is C21H24F3N3O3S. The number of carbonyl (C=O) groups is 1. The highest BCUT2D eigenvalue weighted by molar-refractivity contribution is 7.92. The minimum Gasteiger partial charge on any atom is -0.348 e. The highest BCUT2D eigenvalue weighted by Crippen LogP contribution is 2.28. The molecule has 0 radical (unpaired) electrons. The largest absolute Gasteiger partial charge is 0.433 e. The highest BCUT2D eigenvalue weighted by atomic mass is 32.2. The summed E-state index contributed by atoms with van der Waals surface area (Å²) in [5, 5.41) is 2.69. The second-order valence-corrected chi connectivity index (χ2v) is 8.80. The topological polar surface area (TPSA) is 88.2 Å². The lowest BCUT2D eigenvalue weighted by molar-refractivity contribution is -0.141. The molecule has 1 aromatic heterocycles. The van der Waals surface area contributed by atoms with Gasteiger partial charge in [-0.2, -0.15) is 13.2 Å². The van der Waals surface area contributed by atoms with Crippen LogP contribution < -0.4 is 10.0 Å². The van der Waals surface area contributed by atoms with Crippen LogP contribution in [0.2, 0.25) is 0 Å². The number of anilines is 1. The molecule has 1 amide bonds. The standard InChI is InChI=1S/C21H24F3N3O3S/c1-4-5-18-16(7-10-19(26-18)21(22,23)24)8-11-20(28)25-13-15-6-9-17(14(2)12-15)27-31(3,29)30/h6-12,27H,4-5,13H2,1-3H3,(H,25,28). The van der Waals surface area contributed by atoms with Crippen LogP contribution in [-0.4, -0.2) is 25.6 Å². The molecule has 0 atom stereocenters. The van der Waals surface area contributed by atoms with Crippen LogP contribution in [0.4, 0.5) is 18.9 Å². The van der Waals surface area contributed by atoms with Gasteiger partial charge in [0.25, 0.3) is 0 Å². The van der Waals surface area contributed by atoms with Crippen molar-refractivity contribution in [2.45, 2.75) is 39.4 Å². The number of sulfonamides is 1. The first-order valence-corrected chi connectivity index (χ1v) is 11.4. The molecule has 0 saturated heterocycles. The number of aryl methyl sites for hydroxylation is 2. The molecule has 0 fully saturated rings. The van der Waals surface area contributed by atoms with Gasteiger partial charge in [-0.25, -0.2) is 13.4 Å². The Morgan fingerprint density at radius 2 is 1.90 bits per heavy atom. The van der Waals surface area contributed by atoms with Crippen LogP contribution in [0.25, 0.3) is 6.08 Å². The summed E-state index contributed by atoms with van der Waals surface area (Å²) >= 11 is 0. The Labute approximate surface area is 179 Å². The van der Waals surface area contributed by atoms with Crippen LogP contribution in [0.3, 0.4) is 0 Å². The molecule has 31 heavy (non-hydrogen) atoms. The third-order valence-electron chi connectivity index (χ3n) is 4.25. The van der Waals surface area contributed by atoms with E-state index in [0.717, 1.165) is 17.9 Å². The molecule has 2 N–H and O–H groups in total. The summed E-state index contributed by atoms with van der Waals surface area (Å²) in [4.78, 5) is 15.8. The van der Waals surface area contributed by atoms with Crippen molar-refractivity contribution in [1.82, 2.24) is 10.3 Å². The third-order valence-corrected chi connectivity index (χ3v) is 4.84. The van der Waals surface area contributed by atoms with Crippen LogP contribution in [0.1, 0.15) is 41.4 Å². The van der Waals surface area contributed by atoms with Crippen molar-refractivity contribution >= 4 is 27.7 Å². The summed E-state index contributed by atoms with van der Waals surface area (Å²) in [7, 11) is -3.39. The second kappa shape index (κ2) is 9.95. The van der Waals surface area contributed by atoms with E-state index >= 15 is 0 Å². The van der Waals surface area contributed by atoms with Gasteiger partial charge in [0.05, 0.1) is 11.9 Å². The number of nitrogens with zero attached hydrogens (tertiary/aromatic N) is 1. The lowest BCUT2D eigenvalue weighted by Gasteiger charge is -2.11. The third kappa shape index (κ3) is 7.71.